The standard InChI is InChI=1S/C21H26N4O2S2/c1-4-17(18(26)22-24(2)20(28)15-11-7-5-8-12-15)19(27)23-25(3)21(29)16-13-9-6-10-14-16/h5-9,11-13,17H,4,10,14H2,1-3H3,(H,22,26)(H,23,27). The molecule has 1 aromatic rings. The zero-order valence-electron chi connectivity index (χ0n) is 16.8. The minimum atomic E-state index is -0.874. The van der Waals surface area contributed by atoms with Gasteiger partial charge >= 0.3 is 0 Å². The number of carbonyl (C=O) groups is 2. The summed E-state index contributed by atoms with van der Waals surface area (Å²) in [4.78, 5) is 26.4. The molecular weight excluding hydrogens is 404 g/mol. The highest BCUT2D eigenvalue weighted by Crippen LogP contribution is 2.15. The van der Waals surface area contributed by atoms with Gasteiger partial charge in [-0.2, -0.15) is 0 Å². The molecule has 0 radical (unpaired) electrons. The molecule has 1 aromatic carbocycles. The van der Waals surface area contributed by atoms with Gasteiger partial charge in [-0.1, -0.05) is 79.9 Å². The third-order valence-electron chi connectivity index (χ3n) is 4.52. The molecule has 0 heterocycles. The van der Waals surface area contributed by atoms with Crippen LogP contribution in [0, 0.1) is 5.92 Å². The lowest BCUT2D eigenvalue weighted by Gasteiger charge is -2.27. The second-order valence-electron chi connectivity index (χ2n) is 6.67. The molecule has 0 fully saturated rings. The predicted molar refractivity (Wildman–Crippen MR) is 123 cm³/mol. The zero-order valence-corrected chi connectivity index (χ0v) is 18.5. The topological polar surface area (TPSA) is 64.7 Å². The average molecular weight is 431 g/mol. The van der Waals surface area contributed by atoms with Crippen LogP contribution in [0.15, 0.2) is 54.1 Å². The number of nitrogens with zero attached hydrogens (tertiary/aromatic N) is 2. The van der Waals surface area contributed by atoms with Gasteiger partial charge in [-0.3, -0.25) is 30.5 Å². The fourth-order valence-electron chi connectivity index (χ4n) is 2.85. The number of amides is 2. The number of hydrazine groups is 2. The Labute approximate surface area is 182 Å². The van der Waals surface area contributed by atoms with E-state index in [0.717, 1.165) is 24.0 Å². The lowest BCUT2D eigenvalue weighted by atomic mass is 10.0. The van der Waals surface area contributed by atoms with Crippen LogP contribution in [0.1, 0.15) is 31.7 Å². The van der Waals surface area contributed by atoms with Gasteiger partial charge in [0.15, 0.2) is 0 Å². The van der Waals surface area contributed by atoms with Gasteiger partial charge in [-0.05, 0) is 24.8 Å². The lowest BCUT2D eigenvalue weighted by Crippen LogP contribution is -2.52. The van der Waals surface area contributed by atoms with Crippen LogP contribution in [-0.4, -0.2) is 45.9 Å². The first-order chi connectivity index (χ1) is 13.8. The molecule has 0 spiro atoms. The minimum Gasteiger partial charge on any atom is -0.278 e. The van der Waals surface area contributed by atoms with E-state index in [2.05, 4.69) is 16.9 Å². The Hall–Kier alpha value is -2.58. The molecule has 2 amide bonds. The van der Waals surface area contributed by atoms with Crippen molar-refractivity contribution in [1.29, 1.82) is 0 Å². The SMILES string of the molecule is CCC(C(=O)NN(C)C(=S)C1=CC=CCC1)C(=O)NN(C)C(=S)c1ccccc1. The molecule has 154 valence electrons. The Morgan fingerprint density at radius 3 is 2.14 bits per heavy atom. The van der Waals surface area contributed by atoms with Crippen LogP contribution in [0.4, 0.5) is 0 Å². The maximum atomic E-state index is 12.7. The third-order valence-corrected chi connectivity index (χ3v) is 5.56. The summed E-state index contributed by atoms with van der Waals surface area (Å²) in [7, 11) is 3.34. The molecule has 2 rings (SSSR count). The van der Waals surface area contributed by atoms with Crippen molar-refractivity contribution >= 4 is 46.2 Å². The molecule has 0 saturated carbocycles. The van der Waals surface area contributed by atoms with Gasteiger partial charge in [0.2, 0.25) is 0 Å². The van der Waals surface area contributed by atoms with Crippen molar-refractivity contribution in [1.82, 2.24) is 20.9 Å². The van der Waals surface area contributed by atoms with Crippen molar-refractivity contribution in [2.75, 3.05) is 14.1 Å². The molecule has 0 aliphatic heterocycles. The Morgan fingerprint density at radius 1 is 1.03 bits per heavy atom. The van der Waals surface area contributed by atoms with Crippen LogP contribution in [0.25, 0.3) is 0 Å². The van der Waals surface area contributed by atoms with Crippen LogP contribution in [0.3, 0.4) is 0 Å². The molecule has 6 nitrogen and oxygen atoms in total. The molecular formula is C21H26N4O2S2. The normalized spacial score (nSPS) is 13.7. The second kappa shape index (κ2) is 10.8. The molecule has 29 heavy (non-hydrogen) atoms. The number of rotatable bonds is 5. The van der Waals surface area contributed by atoms with Gasteiger partial charge in [-0.15, -0.1) is 0 Å². The van der Waals surface area contributed by atoms with Gasteiger partial charge in [-0.25, -0.2) is 0 Å². The number of hydrogen-bond acceptors (Lipinski definition) is 4. The van der Waals surface area contributed by atoms with Gasteiger partial charge in [0.05, 0.1) is 0 Å². The summed E-state index contributed by atoms with van der Waals surface area (Å²) in [5, 5.41) is 2.95. The molecule has 0 saturated heterocycles. The summed E-state index contributed by atoms with van der Waals surface area (Å²) >= 11 is 10.8. The smallest absolute Gasteiger partial charge is 0.251 e. The molecule has 1 aliphatic carbocycles. The number of nitrogens with one attached hydrogen (secondary N) is 2. The third kappa shape index (κ3) is 6.20. The number of thiocarbonyl (C=S) groups is 2. The monoisotopic (exact) mass is 430 g/mol. The molecule has 0 bridgehead atoms. The van der Waals surface area contributed by atoms with E-state index < -0.39 is 17.7 Å². The van der Waals surface area contributed by atoms with Gasteiger partial charge in [0, 0.05) is 19.7 Å². The van der Waals surface area contributed by atoms with Crippen molar-refractivity contribution < 1.29 is 9.59 Å². The van der Waals surface area contributed by atoms with Crippen LogP contribution >= 0.6 is 24.4 Å². The van der Waals surface area contributed by atoms with Gasteiger partial charge < -0.3 is 0 Å². The lowest BCUT2D eigenvalue weighted by molar-refractivity contribution is -0.138. The van der Waals surface area contributed by atoms with Crippen molar-refractivity contribution in [2.24, 2.45) is 5.92 Å². The Kier molecular flexibility index (Phi) is 8.48. The summed E-state index contributed by atoms with van der Waals surface area (Å²) in [6, 6.07) is 9.36. The van der Waals surface area contributed by atoms with E-state index in [9.17, 15) is 9.59 Å². The van der Waals surface area contributed by atoms with Crippen molar-refractivity contribution in [3.8, 4) is 0 Å². The molecule has 1 unspecified atom stereocenters. The van der Waals surface area contributed by atoms with Gasteiger partial charge in [0.1, 0.15) is 15.9 Å². The fourth-order valence-corrected chi connectivity index (χ4v) is 3.25. The summed E-state index contributed by atoms with van der Waals surface area (Å²) in [6.07, 6.45) is 8.05. The highest BCUT2D eigenvalue weighted by atomic mass is 32.1. The van der Waals surface area contributed by atoms with E-state index in [-0.39, 0.29) is 0 Å². The Bertz CT molecular complexity index is 836. The number of benzene rings is 1. The van der Waals surface area contributed by atoms with E-state index in [1.807, 2.05) is 42.5 Å². The maximum Gasteiger partial charge on any atom is 0.251 e. The Morgan fingerprint density at radius 2 is 1.62 bits per heavy atom. The van der Waals surface area contributed by atoms with Crippen molar-refractivity contribution in [3.05, 3.63) is 59.7 Å². The van der Waals surface area contributed by atoms with E-state index in [4.69, 9.17) is 24.4 Å². The number of hydrogen-bond donors (Lipinski definition) is 2. The van der Waals surface area contributed by atoms with E-state index >= 15 is 0 Å². The summed E-state index contributed by atoms with van der Waals surface area (Å²) in [5.74, 6) is -1.72. The van der Waals surface area contributed by atoms with Gasteiger partial charge in [0.25, 0.3) is 11.8 Å². The van der Waals surface area contributed by atoms with Crippen LogP contribution in [-0.2, 0) is 9.59 Å². The molecule has 2 N–H and O–H groups in total. The zero-order chi connectivity index (χ0) is 21.4. The van der Waals surface area contributed by atoms with Crippen LogP contribution in [0.2, 0.25) is 0 Å². The highest BCUT2D eigenvalue weighted by molar-refractivity contribution is 7.80. The number of likely N-dealkylation sites (N-methyl/N-ethyl adjacent to an activating group) is 1. The van der Waals surface area contributed by atoms with Crippen LogP contribution in [0.5, 0.6) is 0 Å². The highest BCUT2D eigenvalue weighted by Gasteiger charge is 2.28. The quantitative estimate of drug-likeness (QED) is 0.425. The predicted octanol–water partition coefficient (Wildman–Crippen LogP) is 2.92. The first-order valence-corrected chi connectivity index (χ1v) is 10.2. The molecule has 1 atom stereocenters. The average Bonchev–Trinajstić information content (AvgIpc) is 2.74. The van der Waals surface area contributed by atoms with E-state index in [0.29, 0.717) is 16.4 Å². The largest absolute Gasteiger partial charge is 0.278 e. The minimum absolute atomic E-state index is 0.343. The first kappa shape index (κ1) is 22.7. The summed E-state index contributed by atoms with van der Waals surface area (Å²) < 4.78 is 0. The van der Waals surface area contributed by atoms with Crippen molar-refractivity contribution in [3.63, 3.8) is 0 Å². The van der Waals surface area contributed by atoms with E-state index in [1.165, 1.54) is 10.0 Å². The number of carbonyl (C=O) groups excluding carboxylic acids is 2. The molecule has 1 aliphatic rings. The fraction of sp³-hybridized carbons (Fsp3) is 0.333. The van der Waals surface area contributed by atoms with Crippen molar-refractivity contribution in [2.45, 2.75) is 26.2 Å². The summed E-state index contributed by atoms with van der Waals surface area (Å²) in [5.41, 5.74) is 7.21. The first-order valence-electron chi connectivity index (χ1n) is 9.43. The maximum absolute atomic E-state index is 12.7. The molecule has 0 aromatic heterocycles. The Balaban J connectivity index is 1.96. The number of allylic oxidation sites excluding steroid dienone is 3. The van der Waals surface area contributed by atoms with E-state index in [1.54, 1.807) is 21.0 Å². The molecule has 8 heteroatoms. The second-order valence-corrected chi connectivity index (χ2v) is 7.44. The summed E-state index contributed by atoms with van der Waals surface area (Å²) in [6.45, 7) is 1.78. The van der Waals surface area contributed by atoms with Crippen LogP contribution < -0.4 is 10.9 Å².